The number of rotatable bonds is 5. The van der Waals surface area contributed by atoms with Crippen LogP contribution in [0.3, 0.4) is 0 Å². The van der Waals surface area contributed by atoms with Gasteiger partial charge in [-0.2, -0.15) is 5.10 Å². The lowest BCUT2D eigenvalue weighted by molar-refractivity contribution is 0.520. The van der Waals surface area contributed by atoms with Crippen LogP contribution in [0.4, 0.5) is 0 Å². The number of fused-ring (bicyclic) bond motifs is 1. The zero-order valence-corrected chi connectivity index (χ0v) is 9.53. The zero-order valence-electron chi connectivity index (χ0n) is 9.53. The SMILES string of the molecule is CC(CCN)NCc1ccc2cn[nH]c2c1. The van der Waals surface area contributed by atoms with Crippen LogP contribution in [-0.4, -0.2) is 22.8 Å². The lowest BCUT2D eigenvalue weighted by Gasteiger charge is -2.12. The predicted octanol–water partition coefficient (Wildman–Crippen LogP) is 1.39. The van der Waals surface area contributed by atoms with Crippen molar-refractivity contribution < 1.29 is 0 Å². The first-order valence-electron chi connectivity index (χ1n) is 5.65. The molecule has 0 saturated heterocycles. The molecule has 0 bridgehead atoms. The van der Waals surface area contributed by atoms with Gasteiger partial charge >= 0.3 is 0 Å². The fourth-order valence-corrected chi connectivity index (χ4v) is 1.74. The van der Waals surface area contributed by atoms with Gasteiger partial charge in [-0.3, -0.25) is 5.10 Å². The summed E-state index contributed by atoms with van der Waals surface area (Å²) in [4.78, 5) is 0. The number of aromatic amines is 1. The Morgan fingerprint density at radius 1 is 1.50 bits per heavy atom. The van der Waals surface area contributed by atoms with Crippen molar-refractivity contribution in [1.29, 1.82) is 0 Å². The Balaban J connectivity index is 1.98. The number of nitrogens with two attached hydrogens (primary N) is 1. The molecule has 1 unspecified atom stereocenters. The molecule has 0 amide bonds. The Morgan fingerprint density at radius 2 is 2.38 bits per heavy atom. The number of nitrogens with one attached hydrogen (secondary N) is 2. The van der Waals surface area contributed by atoms with Gasteiger partial charge in [0.1, 0.15) is 0 Å². The number of aromatic nitrogens is 2. The second-order valence-corrected chi connectivity index (χ2v) is 4.15. The van der Waals surface area contributed by atoms with Crippen molar-refractivity contribution in [2.45, 2.75) is 25.9 Å². The average Bonchev–Trinajstić information content (AvgIpc) is 2.74. The van der Waals surface area contributed by atoms with Crippen LogP contribution in [0, 0.1) is 0 Å². The van der Waals surface area contributed by atoms with E-state index in [4.69, 9.17) is 5.73 Å². The summed E-state index contributed by atoms with van der Waals surface area (Å²) in [5.74, 6) is 0. The first-order chi connectivity index (χ1) is 7.79. The Hall–Kier alpha value is -1.39. The van der Waals surface area contributed by atoms with Crippen molar-refractivity contribution >= 4 is 10.9 Å². The van der Waals surface area contributed by atoms with E-state index in [0.717, 1.165) is 30.4 Å². The van der Waals surface area contributed by atoms with Crippen LogP contribution in [0.1, 0.15) is 18.9 Å². The molecule has 1 heterocycles. The van der Waals surface area contributed by atoms with E-state index in [-0.39, 0.29) is 0 Å². The van der Waals surface area contributed by atoms with E-state index < -0.39 is 0 Å². The van der Waals surface area contributed by atoms with Crippen LogP contribution in [0.15, 0.2) is 24.4 Å². The molecule has 4 heteroatoms. The number of hydrogen-bond donors (Lipinski definition) is 3. The molecule has 16 heavy (non-hydrogen) atoms. The topological polar surface area (TPSA) is 66.7 Å². The van der Waals surface area contributed by atoms with Gasteiger partial charge in [0.05, 0.1) is 11.7 Å². The number of hydrogen-bond acceptors (Lipinski definition) is 3. The van der Waals surface area contributed by atoms with Gasteiger partial charge in [-0.25, -0.2) is 0 Å². The Bertz CT molecular complexity index is 449. The zero-order chi connectivity index (χ0) is 11.4. The molecule has 0 spiro atoms. The minimum absolute atomic E-state index is 0.461. The van der Waals surface area contributed by atoms with Crippen molar-refractivity contribution in [2.24, 2.45) is 5.73 Å². The van der Waals surface area contributed by atoms with Crippen LogP contribution in [0.5, 0.6) is 0 Å². The number of benzene rings is 1. The molecule has 0 aliphatic heterocycles. The molecule has 0 aliphatic rings. The summed E-state index contributed by atoms with van der Waals surface area (Å²) < 4.78 is 0. The molecule has 0 radical (unpaired) electrons. The van der Waals surface area contributed by atoms with Crippen LogP contribution in [0.25, 0.3) is 10.9 Å². The lowest BCUT2D eigenvalue weighted by Crippen LogP contribution is -2.27. The van der Waals surface area contributed by atoms with E-state index in [2.05, 4.69) is 40.6 Å². The van der Waals surface area contributed by atoms with Crippen molar-refractivity contribution in [1.82, 2.24) is 15.5 Å². The van der Waals surface area contributed by atoms with Gasteiger partial charge in [0, 0.05) is 18.0 Å². The summed E-state index contributed by atoms with van der Waals surface area (Å²) in [6.45, 7) is 3.76. The minimum atomic E-state index is 0.461. The van der Waals surface area contributed by atoms with E-state index >= 15 is 0 Å². The molecule has 2 aromatic rings. The van der Waals surface area contributed by atoms with Crippen LogP contribution in [-0.2, 0) is 6.54 Å². The highest BCUT2D eigenvalue weighted by Crippen LogP contribution is 2.12. The van der Waals surface area contributed by atoms with Crippen molar-refractivity contribution in [3.05, 3.63) is 30.0 Å². The normalized spacial score (nSPS) is 13.1. The molecular formula is C12H18N4. The van der Waals surface area contributed by atoms with Gasteiger partial charge in [0.15, 0.2) is 0 Å². The summed E-state index contributed by atoms with van der Waals surface area (Å²) in [5.41, 5.74) is 7.86. The maximum atomic E-state index is 5.51. The highest BCUT2D eigenvalue weighted by molar-refractivity contribution is 5.78. The van der Waals surface area contributed by atoms with Gasteiger partial charge in [-0.15, -0.1) is 0 Å². The Morgan fingerprint density at radius 3 is 3.19 bits per heavy atom. The van der Waals surface area contributed by atoms with Gasteiger partial charge in [-0.1, -0.05) is 12.1 Å². The molecule has 4 nitrogen and oxygen atoms in total. The Labute approximate surface area is 95.2 Å². The Kier molecular flexibility index (Phi) is 3.54. The highest BCUT2D eigenvalue weighted by atomic mass is 15.1. The molecule has 0 aliphatic carbocycles. The fourth-order valence-electron chi connectivity index (χ4n) is 1.74. The monoisotopic (exact) mass is 218 g/mol. The molecule has 0 saturated carbocycles. The smallest absolute Gasteiger partial charge is 0.0653 e. The van der Waals surface area contributed by atoms with Crippen LogP contribution >= 0.6 is 0 Å². The van der Waals surface area contributed by atoms with Crippen LogP contribution in [0.2, 0.25) is 0 Å². The first kappa shape index (κ1) is 11.1. The van der Waals surface area contributed by atoms with Gasteiger partial charge < -0.3 is 11.1 Å². The van der Waals surface area contributed by atoms with E-state index in [0.29, 0.717) is 6.04 Å². The molecular weight excluding hydrogens is 200 g/mol. The van der Waals surface area contributed by atoms with Crippen LogP contribution < -0.4 is 11.1 Å². The van der Waals surface area contributed by atoms with E-state index in [1.807, 2.05) is 6.20 Å². The highest BCUT2D eigenvalue weighted by Gasteiger charge is 2.01. The lowest BCUT2D eigenvalue weighted by atomic mass is 10.1. The summed E-state index contributed by atoms with van der Waals surface area (Å²) >= 11 is 0. The summed E-state index contributed by atoms with van der Waals surface area (Å²) in [6, 6.07) is 6.80. The molecule has 1 aromatic carbocycles. The second kappa shape index (κ2) is 5.09. The molecule has 1 aromatic heterocycles. The minimum Gasteiger partial charge on any atom is -0.330 e. The van der Waals surface area contributed by atoms with E-state index in [1.165, 1.54) is 5.56 Å². The molecule has 4 N–H and O–H groups in total. The molecule has 1 atom stereocenters. The van der Waals surface area contributed by atoms with Gasteiger partial charge in [0.25, 0.3) is 0 Å². The average molecular weight is 218 g/mol. The third kappa shape index (κ3) is 2.59. The third-order valence-electron chi connectivity index (χ3n) is 2.76. The fraction of sp³-hybridized carbons (Fsp3) is 0.417. The summed E-state index contributed by atoms with van der Waals surface area (Å²) in [5, 5.41) is 11.6. The quantitative estimate of drug-likeness (QED) is 0.710. The largest absolute Gasteiger partial charge is 0.330 e. The molecule has 2 rings (SSSR count). The van der Waals surface area contributed by atoms with Crippen molar-refractivity contribution in [2.75, 3.05) is 6.54 Å². The van der Waals surface area contributed by atoms with Crippen molar-refractivity contribution in [3.63, 3.8) is 0 Å². The standard InChI is InChI=1S/C12H18N4/c1-9(4-5-13)14-7-10-2-3-11-8-15-16-12(11)6-10/h2-3,6,8-9,14H,4-5,7,13H2,1H3,(H,15,16). The van der Waals surface area contributed by atoms with Gasteiger partial charge in [0.2, 0.25) is 0 Å². The summed E-state index contributed by atoms with van der Waals surface area (Å²) in [7, 11) is 0. The third-order valence-corrected chi connectivity index (χ3v) is 2.76. The number of nitrogens with zero attached hydrogens (tertiary/aromatic N) is 1. The molecule has 0 fully saturated rings. The van der Waals surface area contributed by atoms with Crippen molar-refractivity contribution in [3.8, 4) is 0 Å². The molecule has 86 valence electrons. The first-order valence-corrected chi connectivity index (χ1v) is 5.65. The van der Waals surface area contributed by atoms with Gasteiger partial charge in [-0.05, 0) is 31.5 Å². The second-order valence-electron chi connectivity index (χ2n) is 4.15. The number of H-pyrrole nitrogens is 1. The maximum absolute atomic E-state index is 5.51. The predicted molar refractivity (Wildman–Crippen MR) is 66.1 cm³/mol. The summed E-state index contributed by atoms with van der Waals surface area (Å²) in [6.07, 6.45) is 2.84. The van der Waals surface area contributed by atoms with E-state index in [1.54, 1.807) is 0 Å². The maximum Gasteiger partial charge on any atom is 0.0653 e. The van der Waals surface area contributed by atoms with E-state index in [9.17, 15) is 0 Å².